The van der Waals surface area contributed by atoms with E-state index in [0.29, 0.717) is 24.8 Å². The Kier molecular flexibility index (Phi) is 5.87. The van der Waals surface area contributed by atoms with E-state index in [1.54, 1.807) is 0 Å². The van der Waals surface area contributed by atoms with E-state index in [0.717, 1.165) is 42.6 Å². The molecule has 1 fully saturated rings. The van der Waals surface area contributed by atoms with E-state index in [-0.39, 0.29) is 12.0 Å². The molecule has 0 bridgehead atoms. The summed E-state index contributed by atoms with van der Waals surface area (Å²) >= 11 is 0. The SMILES string of the molecule is CCN(CC)C(=O)c1cc2cc(OC3CCN(C(C)C)CC3)ccc2[nH]1. The molecular weight excluding hydrogens is 326 g/mol. The number of aromatic nitrogens is 1. The van der Waals surface area contributed by atoms with Crippen molar-refractivity contribution >= 4 is 16.8 Å². The van der Waals surface area contributed by atoms with E-state index in [2.05, 4.69) is 23.7 Å². The number of ether oxygens (including phenoxy) is 1. The summed E-state index contributed by atoms with van der Waals surface area (Å²) in [5, 5.41) is 1.03. The molecule has 0 unspecified atom stereocenters. The number of rotatable bonds is 6. The number of benzene rings is 1. The third-order valence-electron chi connectivity index (χ3n) is 5.38. The quantitative estimate of drug-likeness (QED) is 0.853. The van der Waals surface area contributed by atoms with Gasteiger partial charge in [0.2, 0.25) is 0 Å². The van der Waals surface area contributed by atoms with Gasteiger partial charge in [-0.2, -0.15) is 0 Å². The Morgan fingerprint density at radius 1 is 1.23 bits per heavy atom. The maximum Gasteiger partial charge on any atom is 0.270 e. The van der Waals surface area contributed by atoms with Crippen molar-refractivity contribution in [3.63, 3.8) is 0 Å². The molecule has 142 valence electrons. The first-order valence-electron chi connectivity index (χ1n) is 9.84. The number of fused-ring (bicyclic) bond motifs is 1. The highest BCUT2D eigenvalue weighted by atomic mass is 16.5. The largest absolute Gasteiger partial charge is 0.490 e. The second kappa shape index (κ2) is 8.12. The van der Waals surface area contributed by atoms with E-state index < -0.39 is 0 Å². The van der Waals surface area contributed by atoms with Crippen LogP contribution in [-0.2, 0) is 0 Å². The highest BCUT2D eigenvalue weighted by molar-refractivity contribution is 5.98. The van der Waals surface area contributed by atoms with Crippen molar-refractivity contribution in [2.45, 2.75) is 52.7 Å². The van der Waals surface area contributed by atoms with Gasteiger partial charge in [0.05, 0.1) is 0 Å². The fraction of sp³-hybridized carbons (Fsp3) is 0.571. The summed E-state index contributed by atoms with van der Waals surface area (Å²) in [6.07, 6.45) is 2.41. The van der Waals surface area contributed by atoms with Gasteiger partial charge in [0.1, 0.15) is 17.5 Å². The maximum absolute atomic E-state index is 12.5. The van der Waals surface area contributed by atoms with Crippen LogP contribution < -0.4 is 4.74 Å². The zero-order chi connectivity index (χ0) is 18.7. The van der Waals surface area contributed by atoms with Crippen molar-refractivity contribution in [3.8, 4) is 5.75 Å². The van der Waals surface area contributed by atoms with Gasteiger partial charge in [0.25, 0.3) is 5.91 Å². The Bertz CT molecular complexity index is 741. The molecule has 1 aliphatic heterocycles. The lowest BCUT2D eigenvalue weighted by Crippen LogP contribution is -2.41. The van der Waals surface area contributed by atoms with E-state index in [1.165, 1.54) is 0 Å². The summed E-state index contributed by atoms with van der Waals surface area (Å²) in [4.78, 5) is 20.1. The van der Waals surface area contributed by atoms with Gasteiger partial charge in [0, 0.05) is 43.1 Å². The van der Waals surface area contributed by atoms with Crippen LogP contribution in [0.4, 0.5) is 0 Å². The highest BCUT2D eigenvalue weighted by Gasteiger charge is 2.22. The first-order valence-corrected chi connectivity index (χ1v) is 9.84. The molecule has 5 heteroatoms. The zero-order valence-corrected chi connectivity index (χ0v) is 16.4. The van der Waals surface area contributed by atoms with E-state index in [9.17, 15) is 4.79 Å². The standard InChI is InChI=1S/C21H31N3O2/c1-5-23(6-2)21(25)20-14-16-13-18(7-8-19(16)22-20)26-17-9-11-24(12-10-17)15(3)4/h7-8,13-15,17,22H,5-6,9-12H2,1-4H3. The summed E-state index contributed by atoms with van der Waals surface area (Å²) in [5.41, 5.74) is 1.62. The minimum absolute atomic E-state index is 0.0507. The molecular formula is C21H31N3O2. The van der Waals surface area contributed by atoms with Gasteiger partial charge in [-0.25, -0.2) is 0 Å². The molecule has 1 aromatic carbocycles. The Hall–Kier alpha value is -2.01. The second-order valence-corrected chi connectivity index (χ2v) is 7.36. The normalized spacial score (nSPS) is 16.3. The summed E-state index contributed by atoms with van der Waals surface area (Å²) < 4.78 is 6.22. The molecule has 1 amide bonds. The first-order chi connectivity index (χ1) is 12.5. The van der Waals surface area contributed by atoms with Crippen molar-refractivity contribution < 1.29 is 9.53 Å². The fourth-order valence-corrected chi connectivity index (χ4v) is 3.68. The molecule has 2 aromatic rings. The molecule has 2 heterocycles. The zero-order valence-electron chi connectivity index (χ0n) is 16.4. The Balaban J connectivity index is 1.69. The van der Waals surface area contributed by atoms with Gasteiger partial charge in [-0.05, 0) is 64.8 Å². The third kappa shape index (κ3) is 4.04. The number of nitrogens with one attached hydrogen (secondary N) is 1. The molecule has 1 N–H and O–H groups in total. The van der Waals surface area contributed by atoms with E-state index in [4.69, 9.17) is 4.74 Å². The van der Waals surface area contributed by atoms with Crippen molar-refractivity contribution in [2.24, 2.45) is 0 Å². The molecule has 3 rings (SSSR count). The minimum Gasteiger partial charge on any atom is -0.490 e. The number of aromatic amines is 1. The number of piperidine rings is 1. The van der Waals surface area contributed by atoms with Gasteiger partial charge >= 0.3 is 0 Å². The maximum atomic E-state index is 12.5. The summed E-state index contributed by atoms with van der Waals surface area (Å²) in [7, 11) is 0. The molecule has 26 heavy (non-hydrogen) atoms. The predicted molar refractivity (Wildman–Crippen MR) is 106 cm³/mol. The molecule has 0 radical (unpaired) electrons. The molecule has 0 spiro atoms. The summed E-state index contributed by atoms with van der Waals surface area (Å²) in [5.74, 6) is 0.941. The Labute approximate surface area is 156 Å². The predicted octanol–water partition coefficient (Wildman–Crippen LogP) is 3.90. The number of carbonyl (C=O) groups excluding carboxylic acids is 1. The molecule has 5 nitrogen and oxygen atoms in total. The summed E-state index contributed by atoms with van der Waals surface area (Å²) in [6.45, 7) is 12.1. The van der Waals surface area contributed by atoms with Gasteiger partial charge < -0.3 is 19.5 Å². The van der Waals surface area contributed by atoms with Crippen molar-refractivity contribution in [1.82, 2.24) is 14.8 Å². The van der Waals surface area contributed by atoms with E-state index >= 15 is 0 Å². The van der Waals surface area contributed by atoms with Crippen molar-refractivity contribution in [1.29, 1.82) is 0 Å². The van der Waals surface area contributed by atoms with Gasteiger partial charge in [-0.3, -0.25) is 4.79 Å². The van der Waals surface area contributed by atoms with Crippen LogP contribution in [0, 0.1) is 0 Å². The monoisotopic (exact) mass is 357 g/mol. The number of likely N-dealkylation sites (tertiary alicyclic amines) is 1. The number of hydrogen-bond acceptors (Lipinski definition) is 3. The van der Waals surface area contributed by atoms with Crippen LogP contribution in [0.15, 0.2) is 24.3 Å². The highest BCUT2D eigenvalue weighted by Crippen LogP contribution is 2.25. The lowest BCUT2D eigenvalue weighted by atomic mass is 10.1. The van der Waals surface area contributed by atoms with E-state index in [1.807, 2.05) is 43.0 Å². The molecule has 0 aliphatic carbocycles. The lowest BCUT2D eigenvalue weighted by molar-refractivity contribution is 0.0768. The smallest absolute Gasteiger partial charge is 0.270 e. The fourth-order valence-electron chi connectivity index (χ4n) is 3.68. The number of hydrogen-bond donors (Lipinski definition) is 1. The Morgan fingerprint density at radius 2 is 1.92 bits per heavy atom. The van der Waals surface area contributed by atoms with Crippen LogP contribution in [0.5, 0.6) is 5.75 Å². The van der Waals surface area contributed by atoms with Crippen LogP contribution in [0.3, 0.4) is 0 Å². The van der Waals surface area contributed by atoms with Gasteiger partial charge in [-0.15, -0.1) is 0 Å². The molecule has 0 saturated carbocycles. The second-order valence-electron chi connectivity index (χ2n) is 7.36. The first kappa shape index (κ1) is 18.8. The van der Waals surface area contributed by atoms with Crippen LogP contribution in [0.1, 0.15) is 51.0 Å². The molecule has 1 aliphatic rings. The summed E-state index contributed by atoms with van der Waals surface area (Å²) in [6, 6.07) is 8.59. The van der Waals surface area contributed by atoms with Crippen LogP contribution in [0.25, 0.3) is 10.9 Å². The number of amides is 1. The molecule has 1 aromatic heterocycles. The average molecular weight is 357 g/mol. The van der Waals surface area contributed by atoms with Gasteiger partial charge in [0.15, 0.2) is 0 Å². The number of carbonyl (C=O) groups is 1. The minimum atomic E-state index is 0.0507. The van der Waals surface area contributed by atoms with Crippen LogP contribution in [-0.4, -0.2) is 59.0 Å². The van der Waals surface area contributed by atoms with Crippen molar-refractivity contribution in [3.05, 3.63) is 30.0 Å². The van der Waals surface area contributed by atoms with Crippen molar-refractivity contribution in [2.75, 3.05) is 26.2 Å². The lowest BCUT2D eigenvalue weighted by Gasteiger charge is -2.34. The number of nitrogens with zero attached hydrogens (tertiary/aromatic N) is 2. The molecule has 1 saturated heterocycles. The third-order valence-corrected chi connectivity index (χ3v) is 5.38. The van der Waals surface area contributed by atoms with Crippen LogP contribution >= 0.6 is 0 Å². The Morgan fingerprint density at radius 3 is 2.54 bits per heavy atom. The molecule has 0 atom stereocenters. The number of H-pyrrole nitrogens is 1. The average Bonchev–Trinajstić information content (AvgIpc) is 3.06. The van der Waals surface area contributed by atoms with Crippen LogP contribution in [0.2, 0.25) is 0 Å². The topological polar surface area (TPSA) is 48.6 Å². The van der Waals surface area contributed by atoms with Gasteiger partial charge in [-0.1, -0.05) is 0 Å².